The molecule has 122 valence electrons. The molecule has 0 saturated carbocycles. The minimum atomic E-state index is 0.00790. The van der Waals surface area contributed by atoms with Crippen LogP contribution in [0, 0.1) is 6.92 Å². The summed E-state index contributed by atoms with van der Waals surface area (Å²) in [5.74, 6) is 1.56. The first-order chi connectivity index (χ1) is 11.1. The highest BCUT2D eigenvalue weighted by molar-refractivity contribution is 5.93. The molecule has 1 N–H and O–H groups in total. The standard InChI is InChI=1S/C19H24N2O2/c1-4-21(5-2)14-19(22)20-18-12-11-17(13-15(18)3)23-16-9-7-6-8-10-16/h6-13H,4-5,14H2,1-3H3,(H,20,22). The third kappa shape index (κ3) is 5.11. The van der Waals surface area contributed by atoms with Gasteiger partial charge in [0.05, 0.1) is 6.54 Å². The van der Waals surface area contributed by atoms with Gasteiger partial charge in [0.2, 0.25) is 5.91 Å². The first-order valence-corrected chi connectivity index (χ1v) is 7.98. The number of anilines is 1. The number of rotatable bonds is 7. The summed E-state index contributed by atoms with van der Waals surface area (Å²) in [6.07, 6.45) is 0. The molecule has 2 aromatic rings. The van der Waals surface area contributed by atoms with Gasteiger partial charge < -0.3 is 10.1 Å². The van der Waals surface area contributed by atoms with Crippen LogP contribution in [0.4, 0.5) is 5.69 Å². The van der Waals surface area contributed by atoms with Crippen LogP contribution in [0.3, 0.4) is 0 Å². The predicted octanol–water partition coefficient (Wildman–Crippen LogP) is 4.07. The maximum absolute atomic E-state index is 12.1. The Morgan fingerprint density at radius 3 is 2.35 bits per heavy atom. The number of amides is 1. The van der Waals surface area contributed by atoms with Crippen LogP contribution in [0.25, 0.3) is 0 Å². The molecule has 0 unspecified atom stereocenters. The third-order valence-electron chi connectivity index (χ3n) is 3.71. The van der Waals surface area contributed by atoms with E-state index < -0.39 is 0 Å². The Hall–Kier alpha value is -2.33. The first-order valence-electron chi connectivity index (χ1n) is 7.98. The first kappa shape index (κ1) is 17.0. The van der Waals surface area contributed by atoms with Crippen molar-refractivity contribution < 1.29 is 9.53 Å². The number of para-hydroxylation sites is 1. The van der Waals surface area contributed by atoms with Crippen LogP contribution < -0.4 is 10.1 Å². The van der Waals surface area contributed by atoms with Crippen molar-refractivity contribution >= 4 is 11.6 Å². The van der Waals surface area contributed by atoms with Gasteiger partial charge in [0.15, 0.2) is 0 Å². The van der Waals surface area contributed by atoms with E-state index in [1.54, 1.807) is 0 Å². The Bertz CT molecular complexity index is 637. The quantitative estimate of drug-likeness (QED) is 0.838. The number of carbonyl (C=O) groups excluding carboxylic acids is 1. The molecule has 0 radical (unpaired) electrons. The van der Waals surface area contributed by atoms with Crippen molar-refractivity contribution in [2.75, 3.05) is 25.0 Å². The number of nitrogens with zero attached hydrogens (tertiary/aromatic N) is 1. The molecule has 0 aliphatic heterocycles. The van der Waals surface area contributed by atoms with E-state index in [1.807, 2.05) is 55.5 Å². The molecule has 0 heterocycles. The molecule has 0 aliphatic carbocycles. The Balaban J connectivity index is 2.00. The average molecular weight is 312 g/mol. The van der Waals surface area contributed by atoms with E-state index in [4.69, 9.17) is 4.74 Å². The summed E-state index contributed by atoms with van der Waals surface area (Å²) < 4.78 is 5.80. The van der Waals surface area contributed by atoms with Gasteiger partial charge in [-0.25, -0.2) is 0 Å². The highest BCUT2D eigenvalue weighted by atomic mass is 16.5. The zero-order valence-corrected chi connectivity index (χ0v) is 14.0. The molecule has 0 aromatic heterocycles. The molecule has 0 fully saturated rings. The van der Waals surface area contributed by atoms with Crippen LogP contribution in [0.15, 0.2) is 48.5 Å². The number of nitrogens with one attached hydrogen (secondary N) is 1. The van der Waals surface area contributed by atoms with E-state index in [0.717, 1.165) is 35.8 Å². The van der Waals surface area contributed by atoms with Crippen molar-refractivity contribution in [1.82, 2.24) is 4.90 Å². The molecule has 1 amide bonds. The summed E-state index contributed by atoms with van der Waals surface area (Å²) in [6.45, 7) is 8.22. The van der Waals surface area contributed by atoms with Gasteiger partial charge in [0.25, 0.3) is 0 Å². The fraction of sp³-hybridized carbons (Fsp3) is 0.316. The van der Waals surface area contributed by atoms with Crippen molar-refractivity contribution in [3.05, 3.63) is 54.1 Å². The average Bonchev–Trinajstić information content (AvgIpc) is 2.56. The van der Waals surface area contributed by atoms with Crippen LogP contribution in [-0.4, -0.2) is 30.4 Å². The topological polar surface area (TPSA) is 41.6 Å². The van der Waals surface area contributed by atoms with E-state index in [2.05, 4.69) is 24.1 Å². The van der Waals surface area contributed by atoms with Crippen LogP contribution in [0.1, 0.15) is 19.4 Å². The fourth-order valence-corrected chi connectivity index (χ4v) is 2.30. The van der Waals surface area contributed by atoms with Crippen molar-refractivity contribution in [3.63, 3.8) is 0 Å². The van der Waals surface area contributed by atoms with Gasteiger partial charge in [0, 0.05) is 5.69 Å². The second-order valence-electron chi connectivity index (χ2n) is 5.40. The molecule has 2 aromatic carbocycles. The van der Waals surface area contributed by atoms with Crippen molar-refractivity contribution in [2.45, 2.75) is 20.8 Å². The normalized spacial score (nSPS) is 10.6. The lowest BCUT2D eigenvalue weighted by atomic mass is 10.2. The van der Waals surface area contributed by atoms with Crippen LogP contribution in [0.5, 0.6) is 11.5 Å². The van der Waals surface area contributed by atoms with Gasteiger partial charge in [-0.05, 0) is 55.9 Å². The van der Waals surface area contributed by atoms with E-state index in [9.17, 15) is 4.79 Å². The van der Waals surface area contributed by atoms with Gasteiger partial charge in [-0.3, -0.25) is 9.69 Å². The number of carbonyl (C=O) groups is 1. The van der Waals surface area contributed by atoms with Crippen molar-refractivity contribution in [1.29, 1.82) is 0 Å². The lowest BCUT2D eigenvalue weighted by molar-refractivity contribution is -0.117. The maximum Gasteiger partial charge on any atom is 0.238 e. The number of hydrogen-bond acceptors (Lipinski definition) is 3. The largest absolute Gasteiger partial charge is 0.457 e. The second-order valence-corrected chi connectivity index (χ2v) is 5.40. The van der Waals surface area contributed by atoms with Gasteiger partial charge >= 0.3 is 0 Å². The molecule has 0 saturated heterocycles. The molecule has 0 spiro atoms. The Kier molecular flexibility index (Phi) is 6.18. The van der Waals surface area contributed by atoms with Gasteiger partial charge in [-0.15, -0.1) is 0 Å². The monoisotopic (exact) mass is 312 g/mol. The molecule has 4 nitrogen and oxygen atoms in total. The smallest absolute Gasteiger partial charge is 0.238 e. The van der Waals surface area contributed by atoms with Crippen molar-refractivity contribution in [3.8, 4) is 11.5 Å². The number of hydrogen-bond donors (Lipinski definition) is 1. The summed E-state index contributed by atoms with van der Waals surface area (Å²) in [4.78, 5) is 14.2. The highest BCUT2D eigenvalue weighted by Gasteiger charge is 2.09. The highest BCUT2D eigenvalue weighted by Crippen LogP contribution is 2.25. The van der Waals surface area contributed by atoms with Gasteiger partial charge in [-0.1, -0.05) is 32.0 Å². The zero-order valence-electron chi connectivity index (χ0n) is 14.0. The number of likely N-dealkylation sites (N-methyl/N-ethyl adjacent to an activating group) is 1. The van der Waals surface area contributed by atoms with E-state index in [-0.39, 0.29) is 5.91 Å². The Labute approximate surface area is 138 Å². The van der Waals surface area contributed by atoms with Crippen LogP contribution in [-0.2, 0) is 4.79 Å². The summed E-state index contributed by atoms with van der Waals surface area (Å²) in [6, 6.07) is 15.3. The minimum absolute atomic E-state index is 0.00790. The van der Waals surface area contributed by atoms with E-state index in [1.165, 1.54) is 0 Å². The third-order valence-corrected chi connectivity index (χ3v) is 3.71. The van der Waals surface area contributed by atoms with Crippen LogP contribution in [0.2, 0.25) is 0 Å². The predicted molar refractivity (Wildman–Crippen MR) is 94.1 cm³/mol. The fourth-order valence-electron chi connectivity index (χ4n) is 2.30. The molecule has 0 bridgehead atoms. The summed E-state index contributed by atoms with van der Waals surface area (Å²) in [5, 5.41) is 2.96. The molecule has 0 aliphatic rings. The minimum Gasteiger partial charge on any atom is -0.457 e. The van der Waals surface area contributed by atoms with Gasteiger partial charge in [0.1, 0.15) is 11.5 Å². The van der Waals surface area contributed by atoms with E-state index in [0.29, 0.717) is 6.54 Å². The maximum atomic E-state index is 12.1. The van der Waals surface area contributed by atoms with E-state index >= 15 is 0 Å². The van der Waals surface area contributed by atoms with Gasteiger partial charge in [-0.2, -0.15) is 0 Å². The summed E-state index contributed by atoms with van der Waals surface area (Å²) in [5.41, 5.74) is 1.80. The van der Waals surface area contributed by atoms with Crippen LogP contribution >= 0.6 is 0 Å². The molecule has 23 heavy (non-hydrogen) atoms. The number of ether oxygens (including phenoxy) is 1. The summed E-state index contributed by atoms with van der Waals surface area (Å²) >= 11 is 0. The molecule has 2 rings (SSSR count). The molecular formula is C19H24N2O2. The SMILES string of the molecule is CCN(CC)CC(=O)Nc1ccc(Oc2ccccc2)cc1C. The number of benzene rings is 2. The molecular weight excluding hydrogens is 288 g/mol. The Morgan fingerprint density at radius 1 is 1.04 bits per heavy atom. The Morgan fingerprint density at radius 2 is 1.74 bits per heavy atom. The number of aryl methyl sites for hydroxylation is 1. The zero-order chi connectivity index (χ0) is 16.7. The molecule has 0 atom stereocenters. The second kappa shape index (κ2) is 8.34. The molecule has 4 heteroatoms. The van der Waals surface area contributed by atoms with Crippen molar-refractivity contribution in [2.24, 2.45) is 0 Å². The summed E-state index contributed by atoms with van der Waals surface area (Å²) in [7, 11) is 0. The lowest BCUT2D eigenvalue weighted by Crippen LogP contribution is -2.33. The lowest BCUT2D eigenvalue weighted by Gasteiger charge is -2.18.